The number of likely N-dealkylation sites (tertiary alicyclic amines) is 1. The third kappa shape index (κ3) is 5.32. The molecule has 2 atom stereocenters. The second-order valence-electron chi connectivity index (χ2n) is 10.5. The number of aromatic nitrogens is 3. The van der Waals surface area contributed by atoms with Crippen LogP contribution in [-0.4, -0.2) is 37.8 Å². The Labute approximate surface area is 223 Å². The van der Waals surface area contributed by atoms with E-state index in [9.17, 15) is 18.0 Å². The predicted octanol–water partition coefficient (Wildman–Crippen LogP) is 6.46. The van der Waals surface area contributed by atoms with E-state index in [1.165, 1.54) is 6.07 Å². The number of amides is 2. The average molecular weight is 548 g/mol. The Bertz CT molecular complexity index is 1340. The zero-order valence-corrected chi connectivity index (χ0v) is 22.1. The number of benzene rings is 2. The number of nitrogens with one attached hydrogen (secondary N) is 1. The maximum absolute atomic E-state index is 13.6. The van der Waals surface area contributed by atoms with E-state index in [4.69, 9.17) is 16.3 Å². The molecule has 2 amide bonds. The molecule has 5 rings (SSSR count). The molecule has 11 heteroatoms. The summed E-state index contributed by atoms with van der Waals surface area (Å²) in [4.78, 5) is 15.3. The fourth-order valence-electron chi connectivity index (χ4n) is 5.28. The van der Waals surface area contributed by atoms with Crippen molar-refractivity contribution in [1.82, 2.24) is 25.0 Å². The maximum atomic E-state index is 13.6. The summed E-state index contributed by atoms with van der Waals surface area (Å²) in [6, 6.07) is 9.91. The number of halogens is 4. The van der Waals surface area contributed by atoms with Crippen LogP contribution < -0.4 is 10.1 Å². The van der Waals surface area contributed by atoms with Gasteiger partial charge < -0.3 is 19.5 Å². The number of hydrogen-bond donors (Lipinski definition) is 1. The van der Waals surface area contributed by atoms with Gasteiger partial charge in [0.05, 0.1) is 24.2 Å². The van der Waals surface area contributed by atoms with Gasteiger partial charge in [0.2, 0.25) is 0 Å². The van der Waals surface area contributed by atoms with E-state index < -0.39 is 23.4 Å². The van der Waals surface area contributed by atoms with Crippen LogP contribution in [0.2, 0.25) is 5.02 Å². The van der Waals surface area contributed by atoms with E-state index >= 15 is 0 Å². The molecule has 0 spiro atoms. The number of carbonyl (C=O) groups excluding carboxylic acids is 1. The summed E-state index contributed by atoms with van der Waals surface area (Å²) in [6.07, 6.45) is -2.53. The molecule has 1 aromatic heterocycles. The van der Waals surface area contributed by atoms with Crippen molar-refractivity contribution in [2.75, 3.05) is 6.54 Å². The first-order valence-corrected chi connectivity index (χ1v) is 12.9. The molecule has 0 radical (unpaired) electrons. The van der Waals surface area contributed by atoms with Gasteiger partial charge in [0, 0.05) is 23.6 Å². The molecule has 0 saturated carbocycles. The highest BCUT2D eigenvalue weighted by atomic mass is 35.5. The second-order valence-corrected chi connectivity index (χ2v) is 10.9. The molecule has 3 aromatic rings. The number of urea groups is 1. The van der Waals surface area contributed by atoms with Crippen LogP contribution in [0, 0.1) is 6.92 Å². The average Bonchev–Trinajstić information content (AvgIpc) is 3.46. The van der Waals surface area contributed by atoms with Gasteiger partial charge in [0.25, 0.3) is 0 Å². The van der Waals surface area contributed by atoms with Gasteiger partial charge in [0.1, 0.15) is 17.2 Å². The monoisotopic (exact) mass is 547 g/mol. The summed E-state index contributed by atoms with van der Waals surface area (Å²) < 4.78 is 47.8. The van der Waals surface area contributed by atoms with Crippen LogP contribution >= 0.6 is 11.6 Å². The van der Waals surface area contributed by atoms with Crippen molar-refractivity contribution in [3.8, 4) is 5.75 Å². The summed E-state index contributed by atoms with van der Waals surface area (Å²) >= 11 is 6.03. The van der Waals surface area contributed by atoms with E-state index in [1.807, 2.05) is 35.8 Å². The molecule has 2 aliphatic rings. The molecular weight excluding hydrogens is 519 g/mol. The van der Waals surface area contributed by atoms with Gasteiger partial charge in [-0.15, -0.1) is 10.2 Å². The normalized spacial score (nSPS) is 20.7. The number of rotatable bonds is 4. The Morgan fingerprint density at radius 3 is 2.63 bits per heavy atom. The lowest BCUT2D eigenvalue weighted by atomic mass is 9.89. The van der Waals surface area contributed by atoms with E-state index in [1.54, 1.807) is 18.7 Å². The first-order chi connectivity index (χ1) is 17.9. The van der Waals surface area contributed by atoms with Crippen molar-refractivity contribution in [1.29, 1.82) is 0 Å². The number of nitrogens with zero attached hydrogens (tertiary/aromatic N) is 4. The van der Waals surface area contributed by atoms with Gasteiger partial charge in [-0.2, -0.15) is 13.2 Å². The maximum Gasteiger partial charge on any atom is 0.416 e. The molecule has 2 aliphatic heterocycles. The fourth-order valence-corrected chi connectivity index (χ4v) is 5.40. The van der Waals surface area contributed by atoms with Crippen molar-refractivity contribution < 1.29 is 22.7 Å². The first kappa shape index (κ1) is 26.3. The molecule has 38 heavy (non-hydrogen) atoms. The Morgan fingerprint density at radius 2 is 1.92 bits per heavy atom. The van der Waals surface area contributed by atoms with E-state index in [-0.39, 0.29) is 17.8 Å². The predicted molar refractivity (Wildman–Crippen MR) is 136 cm³/mol. The van der Waals surface area contributed by atoms with Crippen LogP contribution in [0.3, 0.4) is 0 Å². The van der Waals surface area contributed by atoms with Gasteiger partial charge in [-0.05, 0) is 63.4 Å². The lowest BCUT2D eigenvalue weighted by Crippen LogP contribution is -2.46. The van der Waals surface area contributed by atoms with Crippen LogP contribution in [0.1, 0.15) is 73.5 Å². The topological polar surface area (TPSA) is 72.3 Å². The third-order valence-electron chi connectivity index (χ3n) is 7.13. The quantitative estimate of drug-likeness (QED) is 0.407. The largest absolute Gasteiger partial charge is 0.487 e. The highest BCUT2D eigenvalue weighted by Gasteiger charge is 2.40. The molecule has 2 aromatic carbocycles. The molecule has 7 nitrogen and oxygen atoms in total. The Hall–Kier alpha value is -3.27. The molecule has 1 saturated heterocycles. The molecule has 0 bridgehead atoms. The summed E-state index contributed by atoms with van der Waals surface area (Å²) in [6.45, 7) is 6.56. The van der Waals surface area contributed by atoms with Crippen molar-refractivity contribution >= 4 is 17.6 Å². The number of fused-ring (bicyclic) bond motifs is 1. The molecule has 1 N–H and O–H groups in total. The van der Waals surface area contributed by atoms with Crippen LogP contribution in [-0.2, 0) is 12.7 Å². The van der Waals surface area contributed by atoms with Crippen LogP contribution in [0.5, 0.6) is 5.75 Å². The Morgan fingerprint density at radius 1 is 1.18 bits per heavy atom. The third-order valence-corrected chi connectivity index (χ3v) is 7.38. The minimum Gasteiger partial charge on any atom is -0.487 e. The van der Waals surface area contributed by atoms with Gasteiger partial charge >= 0.3 is 12.2 Å². The van der Waals surface area contributed by atoms with Gasteiger partial charge in [-0.25, -0.2) is 4.79 Å². The molecule has 202 valence electrons. The van der Waals surface area contributed by atoms with Gasteiger partial charge in [-0.1, -0.05) is 29.8 Å². The minimum atomic E-state index is -4.48. The summed E-state index contributed by atoms with van der Waals surface area (Å²) in [5.74, 6) is 1.58. The standard InChI is InChI=1S/C27H29ClF3N5O2/c1-16-33-34-24(36(16)15-17-6-9-19(28)10-7-17)22-5-4-12-35(22)25(37)32-21-14-26(2,3)38-23-13-18(27(29,30)31)8-11-20(21)23/h6-11,13,21-22H,4-5,12,14-15H2,1-3H3,(H,32,37)/t21?,22-/m1/s1. The number of alkyl halides is 3. The van der Waals surface area contributed by atoms with Crippen molar-refractivity contribution in [2.45, 2.75) is 70.4 Å². The van der Waals surface area contributed by atoms with Gasteiger partial charge in [-0.3, -0.25) is 0 Å². The molecule has 3 heterocycles. The lowest BCUT2D eigenvalue weighted by Gasteiger charge is -2.39. The smallest absolute Gasteiger partial charge is 0.416 e. The SMILES string of the molecule is Cc1nnc([C@H]2CCCN2C(=O)NC2CC(C)(C)Oc3cc(C(F)(F)F)ccc32)n1Cc1ccc(Cl)cc1. The van der Waals surface area contributed by atoms with Crippen molar-refractivity contribution in [3.63, 3.8) is 0 Å². The van der Waals surface area contributed by atoms with Crippen LogP contribution in [0.25, 0.3) is 0 Å². The molecule has 1 unspecified atom stereocenters. The Balaban J connectivity index is 1.38. The van der Waals surface area contributed by atoms with E-state index in [0.717, 1.165) is 36.4 Å². The molecule has 0 aliphatic carbocycles. The van der Waals surface area contributed by atoms with Crippen molar-refractivity contribution in [3.05, 3.63) is 75.8 Å². The lowest BCUT2D eigenvalue weighted by molar-refractivity contribution is -0.137. The first-order valence-electron chi connectivity index (χ1n) is 12.5. The zero-order valence-electron chi connectivity index (χ0n) is 21.3. The summed E-state index contributed by atoms with van der Waals surface area (Å²) in [5, 5.41) is 12.4. The second kappa shape index (κ2) is 9.80. The number of hydrogen-bond acceptors (Lipinski definition) is 4. The number of ether oxygens (including phenoxy) is 1. The highest BCUT2D eigenvalue weighted by Crippen LogP contribution is 2.43. The highest BCUT2D eigenvalue weighted by molar-refractivity contribution is 6.30. The van der Waals surface area contributed by atoms with E-state index in [0.29, 0.717) is 35.9 Å². The number of aryl methyl sites for hydroxylation is 1. The molecular formula is C27H29ClF3N5O2. The van der Waals surface area contributed by atoms with Crippen LogP contribution in [0.15, 0.2) is 42.5 Å². The summed E-state index contributed by atoms with van der Waals surface area (Å²) in [5.41, 5.74) is 0.0270. The molecule has 1 fully saturated rings. The minimum absolute atomic E-state index is 0.137. The number of carbonyl (C=O) groups is 1. The van der Waals surface area contributed by atoms with E-state index in [2.05, 4.69) is 15.5 Å². The zero-order chi connectivity index (χ0) is 27.2. The van der Waals surface area contributed by atoms with Gasteiger partial charge in [0.15, 0.2) is 5.82 Å². The summed E-state index contributed by atoms with van der Waals surface area (Å²) in [7, 11) is 0. The van der Waals surface area contributed by atoms with Crippen LogP contribution in [0.4, 0.5) is 18.0 Å². The fraction of sp³-hybridized carbons (Fsp3) is 0.444. The Kier molecular flexibility index (Phi) is 6.79. The van der Waals surface area contributed by atoms with Crippen molar-refractivity contribution in [2.24, 2.45) is 0 Å².